The molecule has 0 fully saturated rings. The minimum Gasteiger partial charge on any atom is -1.00 e. The Morgan fingerprint density at radius 2 is 2.00 bits per heavy atom. The van der Waals surface area contributed by atoms with E-state index < -0.39 is 0 Å². The van der Waals surface area contributed by atoms with Crippen LogP contribution >= 0.6 is 0 Å². The molecule has 0 atom stereocenters. The van der Waals surface area contributed by atoms with Crippen LogP contribution in [-0.2, 0) is 0 Å². The zero-order valence-corrected chi connectivity index (χ0v) is 5.22. The van der Waals surface area contributed by atoms with Gasteiger partial charge in [-0.1, -0.05) is 0 Å². The van der Waals surface area contributed by atoms with Crippen molar-refractivity contribution in [1.29, 1.82) is 0 Å². The van der Waals surface area contributed by atoms with Crippen molar-refractivity contribution in [1.82, 2.24) is 0 Å². The molecule has 4 radical (unpaired) electrons. The van der Waals surface area contributed by atoms with Crippen LogP contribution in [-0.4, -0.2) is 59.8 Å². The predicted molar refractivity (Wildman–Crippen MR) is 29.4 cm³/mol. The standard InChI is InChI=1S/B3H2N.Ca.2H/c1-2-3-4;;;/h4H2;;;/q;+2;2*-1. The van der Waals surface area contributed by atoms with Gasteiger partial charge in [-0.2, -0.15) is 0 Å². The third kappa shape index (κ3) is 10.8. The molecule has 0 aliphatic rings. The molecule has 0 rings (SSSR count). The summed E-state index contributed by atoms with van der Waals surface area (Å²) < 4.78 is 0. The van der Waals surface area contributed by atoms with Crippen LogP contribution in [0.25, 0.3) is 0 Å². The van der Waals surface area contributed by atoms with Crippen LogP contribution in [0.15, 0.2) is 0 Å². The van der Waals surface area contributed by atoms with E-state index in [1.54, 1.807) is 0 Å². The molecule has 0 aliphatic heterocycles. The molecule has 0 amide bonds. The maximum absolute atomic E-state index is 4.72. The van der Waals surface area contributed by atoms with Crippen LogP contribution in [0.1, 0.15) is 2.85 Å². The molecule has 0 bridgehead atoms. The fourth-order valence-corrected chi connectivity index (χ4v) is 0. The average Bonchev–Trinajstić information content (AvgIpc) is 1.37. The second-order valence-electron chi connectivity index (χ2n) is 0.385. The van der Waals surface area contributed by atoms with Gasteiger partial charge >= 0.3 is 37.7 Å². The van der Waals surface area contributed by atoms with Gasteiger partial charge in [-0.05, 0) is 0 Å². The van der Waals surface area contributed by atoms with E-state index in [1.165, 1.54) is 14.4 Å². The minimum absolute atomic E-state index is 0. The Labute approximate surface area is 67.9 Å². The summed E-state index contributed by atoms with van der Waals surface area (Å²) in [6, 6.07) is 0. The first kappa shape index (κ1) is 9.65. The molecule has 1 nitrogen and oxygen atoms in total. The van der Waals surface area contributed by atoms with E-state index in [9.17, 15) is 0 Å². The molecule has 0 unspecified atom stereocenters. The molecule has 0 aliphatic carbocycles. The van der Waals surface area contributed by atoms with Gasteiger partial charge in [0.2, 0.25) is 0 Å². The summed E-state index contributed by atoms with van der Waals surface area (Å²) in [4.78, 5) is 0. The van der Waals surface area contributed by atoms with Gasteiger partial charge in [0, 0.05) is 14.8 Å². The molecule has 2 N–H and O–H groups in total. The van der Waals surface area contributed by atoms with Crippen molar-refractivity contribution in [3.05, 3.63) is 0 Å². The van der Waals surface area contributed by atoms with Gasteiger partial charge in [-0.15, -0.1) is 0 Å². The second-order valence-corrected chi connectivity index (χ2v) is 0.385. The first-order valence-corrected chi connectivity index (χ1v) is 1.00. The Morgan fingerprint density at radius 1 is 1.80 bits per heavy atom. The molecule has 5 heteroatoms. The number of rotatable bonds is 1. The smallest absolute Gasteiger partial charge is 1.00 e. The molecule has 5 heavy (non-hydrogen) atoms. The van der Waals surface area contributed by atoms with Crippen molar-refractivity contribution in [2.45, 2.75) is 0 Å². The van der Waals surface area contributed by atoms with Gasteiger partial charge in [0.15, 0.2) is 0 Å². The average molecular weight is 90.6 g/mol. The van der Waals surface area contributed by atoms with Crippen molar-refractivity contribution in [2.75, 3.05) is 0 Å². The van der Waals surface area contributed by atoms with E-state index >= 15 is 0 Å². The van der Waals surface area contributed by atoms with Crippen molar-refractivity contribution in [3.63, 3.8) is 0 Å². The number of hydrogen-bond donors (Lipinski definition) is 1. The van der Waals surface area contributed by atoms with Gasteiger partial charge in [0.1, 0.15) is 7.31 Å². The Kier molecular flexibility index (Phi) is 17.5. The maximum Gasteiger partial charge on any atom is 2.00 e. The van der Waals surface area contributed by atoms with Crippen molar-refractivity contribution >= 4 is 59.8 Å². The zero-order valence-electron chi connectivity index (χ0n) is 5.02. The number of nitrogens with two attached hydrogens (primary N) is 1. The predicted octanol–water partition coefficient (Wildman–Crippen LogP) is -1.89. The summed E-state index contributed by atoms with van der Waals surface area (Å²) in [5.41, 5.74) is 4.72. The first-order valence-electron chi connectivity index (χ1n) is 1.00. The van der Waals surface area contributed by atoms with Gasteiger partial charge in [0.25, 0.3) is 0 Å². The summed E-state index contributed by atoms with van der Waals surface area (Å²) in [7, 11) is 7.28. The van der Waals surface area contributed by atoms with Crippen LogP contribution in [0.5, 0.6) is 0 Å². The maximum atomic E-state index is 4.72. The third-order valence-electron chi connectivity index (χ3n) is 0.111. The molecule has 0 spiro atoms. The van der Waals surface area contributed by atoms with Crippen molar-refractivity contribution < 1.29 is 2.85 Å². The van der Waals surface area contributed by atoms with E-state index in [2.05, 4.69) is 0 Å². The summed E-state index contributed by atoms with van der Waals surface area (Å²) in [5, 5.41) is 0. The molecule has 0 heterocycles. The van der Waals surface area contributed by atoms with Crippen LogP contribution < -0.4 is 5.64 Å². The molecule has 0 aromatic carbocycles. The zero-order chi connectivity index (χ0) is 3.41. The van der Waals surface area contributed by atoms with Crippen LogP contribution in [0.4, 0.5) is 0 Å². The topological polar surface area (TPSA) is 26.0 Å². The quantitative estimate of drug-likeness (QED) is 0.375. The number of hydrogen-bond acceptors (Lipinski definition) is 1. The van der Waals surface area contributed by atoms with E-state index in [4.69, 9.17) is 13.4 Å². The third-order valence-corrected chi connectivity index (χ3v) is 0.111. The van der Waals surface area contributed by atoms with Gasteiger partial charge in [-0.3, -0.25) is 0 Å². The Hall–Kier alpha value is 1.41. The Balaban J connectivity index is -0.0000000150. The second kappa shape index (κ2) is 9.05. The van der Waals surface area contributed by atoms with Crippen LogP contribution in [0, 0.1) is 0 Å². The molecular weight excluding hydrogens is 86.5 g/mol. The molecule has 0 saturated heterocycles. The first-order chi connectivity index (χ1) is 1.91. The van der Waals surface area contributed by atoms with Crippen LogP contribution in [0.3, 0.4) is 0 Å². The van der Waals surface area contributed by atoms with E-state index in [0.29, 0.717) is 0 Å². The summed E-state index contributed by atoms with van der Waals surface area (Å²) in [6.07, 6.45) is 0. The Morgan fingerprint density at radius 3 is 2.00 bits per heavy atom. The molecular formula is H4B3CaN. The summed E-state index contributed by atoms with van der Waals surface area (Å²) in [5.74, 6) is 0. The fourth-order valence-electron chi connectivity index (χ4n) is 0. The summed E-state index contributed by atoms with van der Waals surface area (Å²) in [6.45, 7) is 0. The minimum atomic E-state index is 0. The molecule has 0 saturated carbocycles. The van der Waals surface area contributed by atoms with Gasteiger partial charge < -0.3 is 8.50 Å². The molecule has 0 aromatic heterocycles. The Bertz CT molecular complexity index is 14.9. The monoisotopic (exact) mass is 91.0 g/mol. The van der Waals surface area contributed by atoms with Gasteiger partial charge in [-0.25, -0.2) is 0 Å². The van der Waals surface area contributed by atoms with Gasteiger partial charge in [0.05, 0.1) is 0 Å². The molecule has 0 aromatic rings. The van der Waals surface area contributed by atoms with E-state index in [-0.39, 0.29) is 40.6 Å². The largest absolute Gasteiger partial charge is 2.00 e. The normalized spacial score (nSPS) is 4.20. The summed E-state index contributed by atoms with van der Waals surface area (Å²) >= 11 is 0. The van der Waals surface area contributed by atoms with E-state index in [1.807, 2.05) is 0 Å². The van der Waals surface area contributed by atoms with E-state index in [0.717, 1.165) is 0 Å². The fraction of sp³-hybridized carbons (Fsp3) is 0. The van der Waals surface area contributed by atoms with Crippen LogP contribution in [0.2, 0.25) is 0 Å². The SMILES string of the molecule is [B][B][B]N.[Ca+2].[H-].[H-]. The van der Waals surface area contributed by atoms with Crippen molar-refractivity contribution in [3.8, 4) is 0 Å². The molecule has 20 valence electrons. The van der Waals surface area contributed by atoms with Crippen molar-refractivity contribution in [2.24, 2.45) is 5.64 Å².